The monoisotopic (exact) mass is 287 g/mol. The van der Waals surface area contributed by atoms with Crippen LogP contribution in [0.25, 0.3) is 0 Å². The normalized spacial score (nSPS) is 14.0. The van der Waals surface area contributed by atoms with Crippen molar-refractivity contribution in [1.29, 1.82) is 0 Å². The first-order valence-electron chi connectivity index (χ1n) is 7.04. The van der Waals surface area contributed by atoms with Crippen LogP contribution in [-0.2, 0) is 5.60 Å². The van der Waals surface area contributed by atoms with Crippen LogP contribution in [0, 0.1) is 0 Å². The van der Waals surface area contributed by atoms with Crippen molar-refractivity contribution in [2.24, 2.45) is 0 Å². The van der Waals surface area contributed by atoms with Crippen molar-refractivity contribution in [2.45, 2.75) is 32.3 Å². The molecule has 0 bridgehead atoms. The van der Waals surface area contributed by atoms with E-state index in [1.807, 2.05) is 12.1 Å². The summed E-state index contributed by atoms with van der Waals surface area (Å²) in [5.74, 6) is 0.650. The van der Waals surface area contributed by atoms with Gasteiger partial charge in [0.1, 0.15) is 11.4 Å². The number of hydrogen-bond donors (Lipinski definition) is 2. The van der Waals surface area contributed by atoms with E-state index in [0.29, 0.717) is 17.2 Å². The third-order valence-electron chi connectivity index (χ3n) is 3.48. The van der Waals surface area contributed by atoms with Gasteiger partial charge in [-0.2, -0.15) is 0 Å². The predicted octanol–water partition coefficient (Wildman–Crippen LogP) is 3.04. The highest BCUT2D eigenvalue weighted by Gasteiger charge is 2.26. The van der Waals surface area contributed by atoms with Gasteiger partial charge in [-0.3, -0.25) is 4.79 Å². The van der Waals surface area contributed by atoms with Crippen LogP contribution in [0.2, 0.25) is 0 Å². The third-order valence-corrected chi connectivity index (χ3v) is 3.48. The summed E-state index contributed by atoms with van der Waals surface area (Å²) in [6.07, 6.45) is 1.50. The van der Waals surface area contributed by atoms with Crippen LogP contribution >= 0.6 is 0 Å². The number of aliphatic hydroxyl groups is 1. The molecule has 0 aliphatic rings. The highest BCUT2D eigenvalue weighted by Crippen LogP contribution is 2.20. The average Bonchev–Trinajstić information content (AvgIpc) is 3.00. The quantitative estimate of drug-likeness (QED) is 0.888. The SMILES string of the molecule is CC(C)c1ccc(C(=O)NCC(C)(O)c2ccco2)cc1. The molecule has 112 valence electrons. The smallest absolute Gasteiger partial charge is 0.251 e. The van der Waals surface area contributed by atoms with Gasteiger partial charge in [0.15, 0.2) is 0 Å². The lowest BCUT2D eigenvalue weighted by Gasteiger charge is -2.21. The predicted molar refractivity (Wildman–Crippen MR) is 81.1 cm³/mol. The number of amides is 1. The number of nitrogens with one attached hydrogen (secondary N) is 1. The van der Waals surface area contributed by atoms with Crippen molar-refractivity contribution in [1.82, 2.24) is 5.32 Å². The highest BCUT2D eigenvalue weighted by atomic mass is 16.4. The Kier molecular flexibility index (Phi) is 4.48. The van der Waals surface area contributed by atoms with Gasteiger partial charge in [-0.1, -0.05) is 26.0 Å². The van der Waals surface area contributed by atoms with E-state index in [4.69, 9.17) is 4.42 Å². The molecule has 0 aliphatic heterocycles. The summed E-state index contributed by atoms with van der Waals surface area (Å²) in [4.78, 5) is 12.1. The molecule has 0 saturated carbocycles. The average molecular weight is 287 g/mol. The zero-order valence-electron chi connectivity index (χ0n) is 12.6. The second-order valence-electron chi connectivity index (χ2n) is 5.71. The van der Waals surface area contributed by atoms with Crippen molar-refractivity contribution >= 4 is 5.91 Å². The molecule has 0 fully saturated rings. The van der Waals surface area contributed by atoms with Crippen molar-refractivity contribution in [3.63, 3.8) is 0 Å². The van der Waals surface area contributed by atoms with E-state index in [2.05, 4.69) is 19.2 Å². The topological polar surface area (TPSA) is 62.5 Å². The second kappa shape index (κ2) is 6.14. The summed E-state index contributed by atoms with van der Waals surface area (Å²) in [6, 6.07) is 10.9. The number of benzene rings is 1. The minimum Gasteiger partial charge on any atom is -0.466 e. The summed E-state index contributed by atoms with van der Waals surface area (Å²) in [5.41, 5.74) is 0.542. The van der Waals surface area contributed by atoms with E-state index in [1.165, 1.54) is 11.8 Å². The molecule has 1 aromatic carbocycles. The van der Waals surface area contributed by atoms with Crippen LogP contribution in [0.1, 0.15) is 48.4 Å². The fraction of sp³-hybridized carbons (Fsp3) is 0.353. The lowest BCUT2D eigenvalue weighted by atomic mass is 10.0. The third kappa shape index (κ3) is 3.73. The van der Waals surface area contributed by atoms with Gasteiger partial charge in [-0.25, -0.2) is 0 Å². The maximum Gasteiger partial charge on any atom is 0.251 e. The largest absolute Gasteiger partial charge is 0.466 e. The van der Waals surface area contributed by atoms with Crippen LogP contribution in [0.3, 0.4) is 0 Å². The molecule has 1 amide bonds. The van der Waals surface area contributed by atoms with Gasteiger partial charge in [0.2, 0.25) is 0 Å². The van der Waals surface area contributed by atoms with Gasteiger partial charge in [0.05, 0.1) is 12.8 Å². The standard InChI is InChI=1S/C17H21NO3/c1-12(2)13-6-8-14(9-7-13)16(19)18-11-17(3,20)15-5-4-10-21-15/h4-10,12,20H,11H2,1-3H3,(H,18,19). The van der Waals surface area contributed by atoms with Gasteiger partial charge in [0.25, 0.3) is 5.91 Å². The fourth-order valence-corrected chi connectivity index (χ4v) is 2.05. The summed E-state index contributed by atoms with van der Waals surface area (Å²) < 4.78 is 5.18. The molecule has 1 unspecified atom stereocenters. The Hall–Kier alpha value is -2.07. The van der Waals surface area contributed by atoms with Gasteiger partial charge in [-0.05, 0) is 42.7 Å². The van der Waals surface area contributed by atoms with Gasteiger partial charge in [0, 0.05) is 5.56 Å². The van der Waals surface area contributed by atoms with Crippen molar-refractivity contribution in [2.75, 3.05) is 6.54 Å². The molecular formula is C17H21NO3. The fourth-order valence-electron chi connectivity index (χ4n) is 2.05. The Morgan fingerprint density at radius 1 is 1.29 bits per heavy atom. The molecule has 1 heterocycles. The summed E-state index contributed by atoms with van der Waals surface area (Å²) in [7, 11) is 0. The van der Waals surface area contributed by atoms with E-state index in [-0.39, 0.29) is 12.5 Å². The first kappa shape index (κ1) is 15.3. The van der Waals surface area contributed by atoms with Crippen LogP contribution in [0.4, 0.5) is 0 Å². The maximum absolute atomic E-state index is 12.1. The maximum atomic E-state index is 12.1. The Bertz CT molecular complexity index is 583. The molecule has 2 rings (SSSR count). The van der Waals surface area contributed by atoms with Crippen molar-refractivity contribution in [3.05, 3.63) is 59.5 Å². The molecule has 0 radical (unpaired) electrons. The molecule has 4 heteroatoms. The molecule has 21 heavy (non-hydrogen) atoms. The lowest BCUT2D eigenvalue weighted by Crippen LogP contribution is -2.38. The molecule has 4 nitrogen and oxygen atoms in total. The van der Waals surface area contributed by atoms with Crippen LogP contribution in [0.15, 0.2) is 47.1 Å². The summed E-state index contributed by atoms with van der Waals surface area (Å²) in [5, 5.41) is 13.0. The summed E-state index contributed by atoms with van der Waals surface area (Å²) in [6.45, 7) is 5.91. The van der Waals surface area contributed by atoms with E-state index < -0.39 is 5.60 Å². The van der Waals surface area contributed by atoms with E-state index >= 15 is 0 Å². The number of carbonyl (C=O) groups is 1. The van der Waals surface area contributed by atoms with E-state index in [9.17, 15) is 9.90 Å². The van der Waals surface area contributed by atoms with Gasteiger partial charge in [-0.15, -0.1) is 0 Å². The Morgan fingerprint density at radius 2 is 1.95 bits per heavy atom. The van der Waals surface area contributed by atoms with Crippen LogP contribution in [0.5, 0.6) is 0 Å². The van der Waals surface area contributed by atoms with Gasteiger partial charge >= 0.3 is 0 Å². The minimum atomic E-state index is -1.23. The number of carbonyl (C=O) groups excluding carboxylic acids is 1. The van der Waals surface area contributed by atoms with Crippen molar-refractivity contribution < 1.29 is 14.3 Å². The Morgan fingerprint density at radius 3 is 2.48 bits per heavy atom. The van der Waals surface area contributed by atoms with E-state index in [0.717, 1.165) is 0 Å². The van der Waals surface area contributed by atoms with E-state index in [1.54, 1.807) is 31.2 Å². The van der Waals surface area contributed by atoms with Crippen LogP contribution < -0.4 is 5.32 Å². The molecule has 1 atom stereocenters. The molecule has 0 spiro atoms. The van der Waals surface area contributed by atoms with Crippen molar-refractivity contribution in [3.8, 4) is 0 Å². The molecule has 1 aromatic heterocycles. The number of furan rings is 1. The van der Waals surface area contributed by atoms with Gasteiger partial charge < -0.3 is 14.8 Å². The minimum absolute atomic E-state index is 0.0886. The molecule has 2 aromatic rings. The second-order valence-corrected chi connectivity index (χ2v) is 5.71. The lowest BCUT2D eigenvalue weighted by molar-refractivity contribution is 0.0330. The molecule has 0 aliphatic carbocycles. The zero-order valence-corrected chi connectivity index (χ0v) is 12.6. The molecule has 2 N–H and O–H groups in total. The van der Waals surface area contributed by atoms with Crippen LogP contribution in [-0.4, -0.2) is 17.6 Å². The first-order chi connectivity index (χ1) is 9.90. The first-order valence-corrected chi connectivity index (χ1v) is 7.04. The highest BCUT2D eigenvalue weighted by molar-refractivity contribution is 5.94. The Labute approximate surface area is 124 Å². The number of hydrogen-bond acceptors (Lipinski definition) is 3. The Balaban J connectivity index is 1.98. The molecular weight excluding hydrogens is 266 g/mol. The zero-order chi connectivity index (χ0) is 15.5. The molecule has 0 saturated heterocycles. The number of rotatable bonds is 5. The summed E-state index contributed by atoms with van der Waals surface area (Å²) >= 11 is 0.